The smallest absolute Gasteiger partial charge is 0.146 e. The van der Waals surface area contributed by atoms with E-state index in [-0.39, 0.29) is 0 Å². The second-order valence-electron chi connectivity index (χ2n) is 3.32. The third kappa shape index (κ3) is 2.72. The third-order valence-corrected chi connectivity index (χ3v) is 3.26. The molecule has 0 aromatic carbocycles. The lowest BCUT2D eigenvalue weighted by atomic mass is 10.1. The minimum atomic E-state index is -0.682. The van der Waals surface area contributed by atoms with Gasteiger partial charge in [0.2, 0.25) is 0 Å². The van der Waals surface area contributed by atoms with Gasteiger partial charge in [-0.1, -0.05) is 0 Å². The van der Waals surface area contributed by atoms with Gasteiger partial charge in [-0.05, 0) is 50.1 Å². The molecule has 2 aromatic rings. The van der Waals surface area contributed by atoms with Crippen molar-refractivity contribution in [3.8, 4) is 0 Å². The first-order valence-corrected chi connectivity index (χ1v) is 6.27. The normalized spacial score (nSPS) is 12.7. The fraction of sp³-hybridized carbons (Fsp3) is 0.182. The SMILES string of the molecule is OC(Cc1ccc(Br)cn1)c1occc1Br. The Labute approximate surface area is 110 Å². The summed E-state index contributed by atoms with van der Waals surface area (Å²) in [6.45, 7) is 0. The van der Waals surface area contributed by atoms with Crippen LogP contribution in [0.4, 0.5) is 0 Å². The monoisotopic (exact) mass is 345 g/mol. The van der Waals surface area contributed by atoms with Gasteiger partial charge in [-0.25, -0.2) is 0 Å². The van der Waals surface area contributed by atoms with Crippen molar-refractivity contribution in [2.45, 2.75) is 12.5 Å². The van der Waals surface area contributed by atoms with E-state index in [2.05, 4.69) is 36.8 Å². The highest BCUT2D eigenvalue weighted by molar-refractivity contribution is 9.10. The Morgan fingerprint density at radius 2 is 2.12 bits per heavy atom. The summed E-state index contributed by atoms with van der Waals surface area (Å²) >= 11 is 6.62. The van der Waals surface area contributed by atoms with Crippen LogP contribution in [-0.2, 0) is 6.42 Å². The number of hydrogen-bond acceptors (Lipinski definition) is 3. The average molecular weight is 347 g/mol. The first-order chi connectivity index (χ1) is 7.66. The van der Waals surface area contributed by atoms with Crippen molar-refractivity contribution in [2.75, 3.05) is 0 Å². The van der Waals surface area contributed by atoms with Gasteiger partial charge in [0, 0.05) is 22.8 Å². The second kappa shape index (κ2) is 5.12. The molecule has 0 amide bonds. The highest BCUT2D eigenvalue weighted by Gasteiger charge is 2.15. The van der Waals surface area contributed by atoms with Crippen molar-refractivity contribution in [2.24, 2.45) is 0 Å². The maximum atomic E-state index is 9.94. The van der Waals surface area contributed by atoms with Gasteiger partial charge < -0.3 is 9.52 Å². The summed E-state index contributed by atoms with van der Waals surface area (Å²) in [7, 11) is 0. The van der Waals surface area contributed by atoms with Crippen LogP contribution in [0, 0.1) is 0 Å². The summed E-state index contributed by atoms with van der Waals surface area (Å²) in [5, 5.41) is 9.94. The molecule has 0 fully saturated rings. The summed E-state index contributed by atoms with van der Waals surface area (Å²) in [4.78, 5) is 4.19. The molecular weight excluding hydrogens is 338 g/mol. The Bertz CT molecular complexity index is 467. The van der Waals surface area contributed by atoms with Gasteiger partial charge >= 0.3 is 0 Å². The van der Waals surface area contributed by atoms with Crippen molar-refractivity contribution in [3.63, 3.8) is 0 Å². The molecule has 84 valence electrons. The lowest BCUT2D eigenvalue weighted by Crippen LogP contribution is -2.02. The van der Waals surface area contributed by atoms with Crippen LogP contribution in [0.3, 0.4) is 0 Å². The number of aliphatic hydroxyl groups is 1. The average Bonchev–Trinajstić information content (AvgIpc) is 2.68. The van der Waals surface area contributed by atoms with E-state index in [9.17, 15) is 5.11 Å². The van der Waals surface area contributed by atoms with Crippen LogP contribution in [0.2, 0.25) is 0 Å². The molecule has 1 atom stereocenters. The molecule has 0 radical (unpaired) electrons. The number of halogens is 2. The third-order valence-electron chi connectivity index (χ3n) is 2.14. The molecule has 16 heavy (non-hydrogen) atoms. The van der Waals surface area contributed by atoms with Crippen molar-refractivity contribution < 1.29 is 9.52 Å². The van der Waals surface area contributed by atoms with E-state index in [1.54, 1.807) is 12.3 Å². The molecule has 0 aliphatic heterocycles. The van der Waals surface area contributed by atoms with E-state index in [1.165, 1.54) is 6.26 Å². The highest BCUT2D eigenvalue weighted by Crippen LogP contribution is 2.26. The standard InChI is InChI=1S/C11H9Br2NO2/c12-7-1-2-8(14-6-7)5-10(15)11-9(13)3-4-16-11/h1-4,6,10,15H,5H2. The Morgan fingerprint density at radius 1 is 1.31 bits per heavy atom. The minimum absolute atomic E-state index is 0.430. The van der Waals surface area contributed by atoms with Gasteiger partial charge in [0.15, 0.2) is 0 Å². The van der Waals surface area contributed by atoms with Crippen LogP contribution < -0.4 is 0 Å². The molecule has 0 bridgehead atoms. The number of pyridine rings is 1. The molecule has 0 aliphatic rings. The van der Waals surface area contributed by atoms with Crippen molar-refractivity contribution in [1.82, 2.24) is 4.98 Å². The maximum Gasteiger partial charge on any atom is 0.146 e. The Morgan fingerprint density at radius 3 is 2.69 bits per heavy atom. The highest BCUT2D eigenvalue weighted by atomic mass is 79.9. The predicted molar refractivity (Wildman–Crippen MR) is 67.0 cm³/mol. The zero-order valence-corrected chi connectivity index (χ0v) is 11.4. The van der Waals surface area contributed by atoms with Crippen LogP contribution in [0.25, 0.3) is 0 Å². The van der Waals surface area contributed by atoms with Crippen LogP contribution >= 0.6 is 31.9 Å². The van der Waals surface area contributed by atoms with E-state index >= 15 is 0 Å². The van der Waals surface area contributed by atoms with E-state index in [0.717, 1.165) is 14.6 Å². The largest absolute Gasteiger partial charge is 0.465 e. The molecule has 0 saturated carbocycles. The van der Waals surface area contributed by atoms with Crippen LogP contribution in [0.5, 0.6) is 0 Å². The van der Waals surface area contributed by atoms with E-state index in [0.29, 0.717) is 12.2 Å². The molecular formula is C11H9Br2NO2. The maximum absolute atomic E-state index is 9.94. The van der Waals surface area contributed by atoms with Crippen molar-refractivity contribution >= 4 is 31.9 Å². The lowest BCUT2D eigenvalue weighted by molar-refractivity contribution is 0.148. The fourth-order valence-corrected chi connectivity index (χ4v) is 2.06. The second-order valence-corrected chi connectivity index (χ2v) is 5.09. The van der Waals surface area contributed by atoms with Gasteiger partial charge in [-0.15, -0.1) is 0 Å². The Balaban J connectivity index is 2.10. The zero-order chi connectivity index (χ0) is 11.5. The zero-order valence-electron chi connectivity index (χ0n) is 8.23. The Kier molecular flexibility index (Phi) is 3.78. The predicted octanol–water partition coefficient (Wildman–Crippen LogP) is 3.48. The van der Waals surface area contributed by atoms with Crippen molar-refractivity contribution in [1.29, 1.82) is 0 Å². The molecule has 0 spiro atoms. The first-order valence-electron chi connectivity index (χ1n) is 4.68. The Hall–Kier alpha value is -0.650. The summed E-state index contributed by atoms with van der Waals surface area (Å²) in [6.07, 6.45) is 2.99. The quantitative estimate of drug-likeness (QED) is 0.925. The van der Waals surface area contributed by atoms with Crippen LogP contribution in [0.1, 0.15) is 17.6 Å². The topological polar surface area (TPSA) is 46.3 Å². The molecule has 2 rings (SSSR count). The number of aliphatic hydroxyl groups excluding tert-OH is 1. The minimum Gasteiger partial charge on any atom is -0.465 e. The van der Waals surface area contributed by atoms with Gasteiger partial charge in [-0.3, -0.25) is 4.98 Å². The van der Waals surface area contributed by atoms with Gasteiger partial charge in [0.05, 0.1) is 10.7 Å². The number of rotatable bonds is 3. The first kappa shape index (κ1) is 11.8. The molecule has 0 saturated heterocycles. The molecule has 1 unspecified atom stereocenters. The molecule has 1 N–H and O–H groups in total. The van der Waals surface area contributed by atoms with E-state index < -0.39 is 6.10 Å². The van der Waals surface area contributed by atoms with Crippen LogP contribution in [0.15, 0.2) is 44.0 Å². The number of furan rings is 1. The molecule has 0 aliphatic carbocycles. The fourth-order valence-electron chi connectivity index (χ4n) is 1.36. The van der Waals surface area contributed by atoms with Crippen molar-refractivity contribution in [3.05, 3.63) is 51.1 Å². The van der Waals surface area contributed by atoms with Gasteiger partial charge in [0.1, 0.15) is 11.9 Å². The molecule has 2 heterocycles. The van der Waals surface area contributed by atoms with E-state index in [1.807, 2.05) is 12.1 Å². The number of hydrogen-bond donors (Lipinski definition) is 1. The summed E-state index contributed by atoms with van der Waals surface area (Å²) in [6, 6.07) is 5.52. The van der Waals surface area contributed by atoms with E-state index in [4.69, 9.17) is 4.42 Å². The number of aromatic nitrogens is 1. The summed E-state index contributed by atoms with van der Waals surface area (Å²) in [5.74, 6) is 0.532. The lowest BCUT2D eigenvalue weighted by Gasteiger charge is -2.07. The summed E-state index contributed by atoms with van der Waals surface area (Å²) in [5.41, 5.74) is 0.819. The van der Waals surface area contributed by atoms with Crippen LogP contribution in [-0.4, -0.2) is 10.1 Å². The number of nitrogens with zero attached hydrogens (tertiary/aromatic N) is 1. The summed E-state index contributed by atoms with van der Waals surface area (Å²) < 4.78 is 6.88. The molecule has 3 nitrogen and oxygen atoms in total. The van der Waals surface area contributed by atoms with Gasteiger partial charge in [-0.2, -0.15) is 0 Å². The molecule has 5 heteroatoms. The molecule has 2 aromatic heterocycles. The van der Waals surface area contributed by atoms with Gasteiger partial charge in [0.25, 0.3) is 0 Å².